The molecule has 1 N–H and O–H groups in total. The van der Waals surface area contributed by atoms with E-state index < -0.39 is 12.0 Å². The molecule has 0 radical (unpaired) electrons. The van der Waals surface area contributed by atoms with E-state index in [9.17, 15) is 9.90 Å². The van der Waals surface area contributed by atoms with Crippen molar-refractivity contribution in [3.05, 3.63) is 28.8 Å². The minimum atomic E-state index is -0.796. The highest BCUT2D eigenvalue weighted by Crippen LogP contribution is 2.34. The van der Waals surface area contributed by atoms with Crippen LogP contribution < -0.4 is 4.74 Å². The number of benzene rings is 1. The van der Waals surface area contributed by atoms with Crippen LogP contribution in [0, 0.1) is 13.8 Å². The molecule has 0 bridgehead atoms. The predicted octanol–water partition coefficient (Wildman–Crippen LogP) is 2.92. The number of nitrogens with zero attached hydrogens (tertiary/aromatic N) is 1. The number of hydrogen-bond acceptors (Lipinski definition) is 3. The van der Waals surface area contributed by atoms with Crippen molar-refractivity contribution in [2.75, 3.05) is 20.2 Å². The van der Waals surface area contributed by atoms with Crippen molar-refractivity contribution < 1.29 is 14.6 Å². The van der Waals surface area contributed by atoms with Crippen molar-refractivity contribution in [1.82, 2.24) is 4.90 Å². The van der Waals surface area contributed by atoms with Gasteiger partial charge in [0.2, 0.25) is 0 Å². The summed E-state index contributed by atoms with van der Waals surface area (Å²) in [5, 5.41) is 9.68. The molecule has 20 heavy (non-hydrogen) atoms. The Hall–Kier alpha value is -1.55. The lowest BCUT2D eigenvalue weighted by atomic mass is 9.96. The summed E-state index contributed by atoms with van der Waals surface area (Å²) in [6.07, 6.45) is 3.32. The summed E-state index contributed by atoms with van der Waals surface area (Å²) in [6.45, 7) is 5.63. The minimum absolute atomic E-state index is 0.608. The van der Waals surface area contributed by atoms with E-state index in [0.29, 0.717) is 5.75 Å². The number of carbonyl (C=O) groups is 1. The van der Waals surface area contributed by atoms with Crippen LogP contribution in [0.15, 0.2) is 12.1 Å². The lowest BCUT2D eigenvalue weighted by Gasteiger charge is -2.33. The third kappa shape index (κ3) is 2.96. The van der Waals surface area contributed by atoms with Crippen LogP contribution in [-0.4, -0.2) is 36.2 Å². The Morgan fingerprint density at radius 3 is 2.45 bits per heavy atom. The number of aryl methyl sites for hydroxylation is 2. The van der Waals surface area contributed by atoms with Crippen molar-refractivity contribution >= 4 is 5.97 Å². The molecule has 1 unspecified atom stereocenters. The van der Waals surface area contributed by atoms with Crippen molar-refractivity contribution in [3.63, 3.8) is 0 Å². The molecule has 1 heterocycles. The standard InChI is InChI=1S/C16H23NO3/c1-11-9-12(2)15(20-3)13(10-11)14(16(18)19)17-7-5-4-6-8-17/h9-10,14H,4-8H2,1-3H3,(H,18,19). The van der Waals surface area contributed by atoms with Gasteiger partial charge in [0.15, 0.2) is 0 Å². The zero-order chi connectivity index (χ0) is 14.7. The van der Waals surface area contributed by atoms with Gasteiger partial charge >= 0.3 is 5.97 Å². The number of ether oxygens (including phenoxy) is 1. The van der Waals surface area contributed by atoms with Crippen molar-refractivity contribution in [1.29, 1.82) is 0 Å². The number of aliphatic carboxylic acids is 1. The number of hydrogen-bond donors (Lipinski definition) is 1. The predicted molar refractivity (Wildman–Crippen MR) is 78.3 cm³/mol. The summed E-state index contributed by atoms with van der Waals surface area (Å²) < 4.78 is 5.46. The Balaban J connectivity index is 2.45. The third-order valence-corrected chi connectivity index (χ3v) is 3.94. The molecule has 2 rings (SSSR count). The second-order valence-electron chi connectivity index (χ2n) is 5.54. The van der Waals surface area contributed by atoms with Crippen molar-refractivity contribution in [3.8, 4) is 5.75 Å². The SMILES string of the molecule is COc1c(C)cc(C)cc1C(C(=O)O)N1CCCCC1. The fraction of sp³-hybridized carbons (Fsp3) is 0.562. The molecule has 1 aromatic carbocycles. The van der Waals surface area contributed by atoms with E-state index in [4.69, 9.17) is 4.74 Å². The summed E-state index contributed by atoms with van der Waals surface area (Å²) >= 11 is 0. The molecule has 1 fully saturated rings. The maximum Gasteiger partial charge on any atom is 0.325 e. The fourth-order valence-electron chi connectivity index (χ4n) is 3.13. The van der Waals surface area contributed by atoms with Crippen LogP contribution in [0.25, 0.3) is 0 Å². The Kier molecular flexibility index (Phi) is 4.65. The van der Waals surface area contributed by atoms with Crippen LogP contribution >= 0.6 is 0 Å². The lowest BCUT2D eigenvalue weighted by Crippen LogP contribution is -2.38. The molecule has 4 heteroatoms. The van der Waals surface area contributed by atoms with Crippen molar-refractivity contribution in [2.24, 2.45) is 0 Å². The molecule has 1 aromatic rings. The summed E-state index contributed by atoms with van der Waals surface area (Å²) in [5.74, 6) is -0.0937. The molecule has 0 aromatic heterocycles. The molecule has 0 amide bonds. The van der Waals surface area contributed by atoms with Gasteiger partial charge in [-0.3, -0.25) is 9.69 Å². The van der Waals surface area contributed by atoms with Crippen LogP contribution in [0.3, 0.4) is 0 Å². The number of piperidine rings is 1. The Labute approximate surface area is 120 Å². The molecule has 0 spiro atoms. The van der Waals surface area contributed by atoms with Gasteiger partial charge in [0.05, 0.1) is 7.11 Å². The van der Waals surface area contributed by atoms with Gasteiger partial charge < -0.3 is 9.84 Å². The van der Waals surface area contributed by atoms with Gasteiger partial charge in [-0.05, 0) is 45.3 Å². The maximum absolute atomic E-state index is 11.8. The highest BCUT2D eigenvalue weighted by molar-refractivity contribution is 5.77. The molecule has 4 nitrogen and oxygen atoms in total. The molecule has 1 saturated heterocycles. The molecule has 0 aliphatic carbocycles. The zero-order valence-electron chi connectivity index (χ0n) is 12.5. The highest BCUT2D eigenvalue weighted by Gasteiger charge is 2.31. The van der Waals surface area contributed by atoms with Crippen LogP contribution in [-0.2, 0) is 4.79 Å². The Morgan fingerprint density at radius 2 is 1.90 bits per heavy atom. The first kappa shape index (κ1) is 14.9. The van der Waals surface area contributed by atoms with E-state index in [0.717, 1.165) is 42.6 Å². The van der Waals surface area contributed by atoms with E-state index in [1.165, 1.54) is 6.42 Å². The van der Waals surface area contributed by atoms with Gasteiger partial charge in [-0.15, -0.1) is 0 Å². The molecule has 1 aliphatic rings. The average molecular weight is 277 g/mol. The fourth-order valence-corrected chi connectivity index (χ4v) is 3.13. The molecular formula is C16H23NO3. The number of rotatable bonds is 4. The summed E-state index contributed by atoms with van der Waals surface area (Å²) in [5.41, 5.74) is 2.84. The monoisotopic (exact) mass is 277 g/mol. The number of carboxylic acid groups (broad SMARTS) is 1. The molecule has 110 valence electrons. The first-order valence-electron chi connectivity index (χ1n) is 7.16. The highest BCUT2D eigenvalue weighted by atomic mass is 16.5. The second-order valence-corrected chi connectivity index (χ2v) is 5.54. The van der Waals surface area contributed by atoms with Gasteiger partial charge in [0, 0.05) is 5.56 Å². The lowest BCUT2D eigenvalue weighted by molar-refractivity contribution is -0.144. The number of likely N-dealkylation sites (tertiary alicyclic amines) is 1. The van der Waals surface area contributed by atoms with Gasteiger partial charge in [-0.25, -0.2) is 0 Å². The van der Waals surface area contributed by atoms with Gasteiger partial charge in [0.25, 0.3) is 0 Å². The van der Waals surface area contributed by atoms with E-state index in [-0.39, 0.29) is 0 Å². The Morgan fingerprint density at radius 1 is 1.25 bits per heavy atom. The van der Waals surface area contributed by atoms with E-state index >= 15 is 0 Å². The smallest absolute Gasteiger partial charge is 0.325 e. The van der Waals surface area contributed by atoms with Crippen molar-refractivity contribution in [2.45, 2.75) is 39.2 Å². The number of carboxylic acids is 1. The molecule has 1 atom stereocenters. The van der Waals surface area contributed by atoms with E-state index in [2.05, 4.69) is 4.90 Å². The summed E-state index contributed by atoms with van der Waals surface area (Å²) in [7, 11) is 1.61. The molecule has 0 saturated carbocycles. The molecular weight excluding hydrogens is 254 g/mol. The average Bonchev–Trinajstić information content (AvgIpc) is 2.39. The van der Waals surface area contributed by atoms with E-state index in [1.807, 2.05) is 26.0 Å². The topological polar surface area (TPSA) is 49.8 Å². The van der Waals surface area contributed by atoms with E-state index in [1.54, 1.807) is 7.11 Å². The van der Waals surface area contributed by atoms with Crippen LogP contribution in [0.5, 0.6) is 5.75 Å². The number of methoxy groups -OCH3 is 1. The largest absolute Gasteiger partial charge is 0.496 e. The van der Waals surface area contributed by atoms with Crippen LogP contribution in [0.4, 0.5) is 0 Å². The van der Waals surface area contributed by atoms with Crippen LogP contribution in [0.2, 0.25) is 0 Å². The second kappa shape index (κ2) is 6.27. The normalized spacial score (nSPS) is 17.8. The first-order valence-corrected chi connectivity index (χ1v) is 7.16. The quantitative estimate of drug-likeness (QED) is 0.919. The summed E-state index contributed by atoms with van der Waals surface area (Å²) in [6, 6.07) is 3.36. The Bertz CT molecular complexity index is 493. The summed E-state index contributed by atoms with van der Waals surface area (Å²) in [4.78, 5) is 13.9. The van der Waals surface area contributed by atoms with Gasteiger partial charge in [-0.2, -0.15) is 0 Å². The minimum Gasteiger partial charge on any atom is -0.496 e. The molecule has 1 aliphatic heterocycles. The maximum atomic E-state index is 11.8. The van der Waals surface area contributed by atoms with Crippen LogP contribution in [0.1, 0.15) is 42.0 Å². The zero-order valence-corrected chi connectivity index (χ0v) is 12.5. The first-order chi connectivity index (χ1) is 9.54. The van der Waals surface area contributed by atoms with Gasteiger partial charge in [0.1, 0.15) is 11.8 Å². The third-order valence-electron chi connectivity index (χ3n) is 3.94. The van der Waals surface area contributed by atoms with Gasteiger partial charge in [-0.1, -0.05) is 24.1 Å².